The Morgan fingerprint density at radius 1 is 1.20 bits per heavy atom. The third-order valence-electron chi connectivity index (χ3n) is 2.46. The van der Waals surface area contributed by atoms with Gasteiger partial charge in [0.05, 0.1) is 0 Å². The van der Waals surface area contributed by atoms with Gasteiger partial charge < -0.3 is 10.4 Å². The van der Waals surface area contributed by atoms with E-state index in [-0.39, 0.29) is 0 Å². The molecule has 0 aliphatic carbocycles. The summed E-state index contributed by atoms with van der Waals surface area (Å²) in [6.45, 7) is 7.36. The highest BCUT2D eigenvalue weighted by Gasteiger charge is 2.05. The zero-order valence-corrected chi connectivity index (χ0v) is 9.83. The Bertz CT molecular complexity index is 296. The van der Waals surface area contributed by atoms with Crippen molar-refractivity contribution in [2.24, 2.45) is 5.92 Å². The number of hydrogen-bond donors (Lipinski definition) is 2. The zero-order chi connectivity index (χ0) is 11.3. The summed E-state index contributed by atoms with van der Waals surface area (Å²) < 4.78 is 0. The smallest absolute Gasteiger partial charge is 0.120 e. The summed E-state index contributed by atoms with van der Waals surface area (Å²) in [5.74, 6) is 1.08. The fourth-order valence-corrected chi connectivity index (χ4v) is 1.73. The Morgan fingerprint density at radius 2 is 1.87 bits per heavy atom. The fourth-order valence-electron chi connectivity index (χ4n) is 1.73. The number of hydrogen-bond acceptors (Lipinski definition) is 2. The molecule has 0 aliphatic heterocycles. The summed E-state index contributed by atoms with van der Waals surface area (Å²) in [6, 6.07) is 7.96. The largest absolute Gasteiger partial charge is 0.508 e. The van der Waals surface area contributed by atoms with E-state index in [1.807, 2.05) is 18.2 Å². The van der Waals surface area contributed by atoms with Crippen LogP contribution in [0.25, 0.3) is 0 Å². The first-order chi connectivity index (χ1) is 7.09. The van der Waals surface area contributed by atoms with Crippen molar-refractivity contribution in [3.63, 3.8) is 0 Å². The second-order valence-electron chi connectivity index (χ2n) is 4.54. The van der Waals surface area contributed by atoms with Gasteiger partial charge in [-0.3, -0.25) is 0 Å². The lowest BCUT2D eigenvalue weighted by Gasteiger charge is -2.16. The molecule has 0 saturated heterocycles. The van der Waals surface area contributed by atoms with Crippen LogP contribution in [0.4, 0.5) is 0 Å². The lowest BCUT2D eigenvalue weighted by Crippen LogP contribution is -2.26. The third kappa shape index (κ3) is 4.34. The summed E-state index contributed by atoms with van der Waals surface area (Å²) in [6.07, 6.45) is 1.16. The molecule has 0 radical (unpaired) electrons. The first kappa shape index (κ1) is 12.1. The predicted molar refractivity (Wildman–Crippen MR) is 63.9 cm³/mol. The molecular weight excluding hydrogens is 186 g/mol. The predicted octanol–water partition coefficient (Wildman–Crippen LogP) is 2.92. The van der Waals surface area contributed by atoms with Gasteiger partial charge >= 0.3 is 0 Å². The van der Waals surface area contributed by atoms with Crippen molar-refractivity contribution >= 4 is 0 Å². The molecule has 0 aromatic heterocycles. The summed E-state index contributed by atoms with van der Waals surface area (Å²) in [7, 11) is 0. The van der Waals surface area contributed by atoms with Crippen LogP contribution in [-0.4, -0.2) is 11.1 Å². The third-order valence-corrected chi connectivity index (χ3v) is 2.46. The molecular formula is C13H21NO. The summed E-state index contributed by atoms with van der Waals surface area (Å²) >= 11 is 0. The molecule has 15 heavy (non-hydrogen) atoms. The normalized spacial score (nSPS) is 13.1. The van der Waals surface area contributed by atoms with Crippen LogP contribution >= 0.6 is 0 Å². The maximum atomic E-state index is 9.57. The molecule has 1 aromatic carbocycles. The van der Waals surface area contributed by atoms with Crippen LogP contribution in [-0.2, 0) is 6.54 Å². The van der Waals surface area contributed by atoms with Gasteiger partial charge in [0.15, 0.2) is 0 Å². The van der Waals surface area contributed by atoms with E-state index in [1.54, 1.807) is 6.07 Å². The van der Waals surface area contributed by atoms with Gasteiger partial charge in [0.2, 0.25) is 0 Å². The molecule has 1 atom stereocenters. The molecule has 0 heterocycles. The van der Waals surface area contributed by atoms with Crippen LogP contribution in [0.1, 0.15) is 32.8 Å². The highest BCUT2D eigenvalue weighted by Crippen LogP contribution is 2.15. The Kier molecular flexibility index (Phi) is 4.63. The summed E-state index contributed by atoms with van der Waals surface area (Å²) in [5.41, 5.74) is 0.966. The number of para-hydroxylation sites is 1. The van der Waals surface area contributed by atoms with E-state index in [1.165, 1.54) is 0 Å². The lowest BCUT2D eigenvalue weighted by molar-refractivity contribution is 0.429. The highest BCUT2D eigenvalue weighted by atomic mass is 16.3. The number of rotatable bonds is 5. The molecule has 0 bridgehead atoms. The average molecular weight is 207 g/mol. The molecule has 2 N–H and O–H groups in total. The fraction of sp³-hybridized carbons (Fsp3) is 0.538. The Morgan fingerprint density at radius 3 is 2.47 bits per heavy atom. The van der Waals surface area contributed by atoms with E-state index < -0.39 is 0 Å². The molecule has 0 saturated carbocycles. The van der Waals surface area contributed by atoms with Gasteiger partial charge in [0.25, 0.3) is 0 Å². The minimum Gasteiger partial charge on any atom is -0.508 e. The van der Waals surface area contributed by atoms with Crippen molar-refractivity contribution in [2.45, 2.75) is 39.8 Å². The lowest BCUT2D eigenvalue weighted by atomic mass is 10.0. The number of phenols is 1. The van der Waals surface area contributed by atoms with Gasteiger partial charge in [0.1, 0.15) is 5.75 Å². The number of nitrogens with one attached hydrogen (secondary N) is 1. The van der Waals surface area contributed by atoms with Crippen LogP contribution in [0, 0.1) is 5.92 Å². The Labute approximate surface area is 92.3 Å². The minimum atomic E-state index is 0.377. The van der Waals surface area contributed by atoms with Crippen molar-refractivity contribution < 1.29 is 5.11 Å². The molecule has 2 heteroatoms. The zero-order valence-electron chi connectivity index (χ0n) is 9.83. The van der Waals surface area contributed by atoms with E-state index in [0.717, 1.165) is 18.5 Å². The summed E-state index contributed by atoms with van der Waals surface area (Å²) in [4.78, 5) is 0. The van der Waals surface area contributed by atoms with Crippen molar-refractivity contribution in [1.29, 1.82) is 0 Å². The molecule has 1 aromatic rings. The molecule has 0 amide bonds. The summed E-state index contributed by atoms with van der Waals surface area (Å²) in [5, 5.41) is 13.0. The van der Waals surface area contributed by atoms with Crippen LogP contribution < -0.4 is 5.32 Å². The quantitative estimate of drug-likeness (QED) is 0.778. The molecule has 1 unspecified atom stereocenters. The van der Waals surface area contributed by atoms with Gasteiger partial charge in [-0.05, 0) is 25.3 Å². The standard InChI is InChI=1S/C13H21NO/c1-10(2)8-11(3)14-9-12-6-4-5-7-13(12)15/h4-7,10-11,14-15H,8-9H2,1-3H3. The molecule has 1 rings (SSSR count). The number of aromatic hydroxyl groups is 1. The van der Waals surface area contributed by atoms with Gasteiger partial charge in [-0.1, -0.05) is 32.0 Å². The van der Waals surface area contributed by atoms with E-state index in [9.17, 15) is 5.11 Å². The van der Waals surface area contributed by atoms with Crippen molar-refractivity contribution in [1.82, 2.24) is 5.32 Å². The van der Waals surface area contributed by atoms with Crippen molar-refractivity contribution in [3.05, 3.63) is 29.8 Å². The van der Waals surface area contributed by atoms with Crippen LogP contribution in [0.3, 0.4) is 0 Å². The molecule has 0 spiro atoms. The van der Waals surface area contributed by atoms with Crippen molar-refractivity contribution in [3.8, 4) is 5.75 Å². The van der Waals surface area contributed by atoms with Gasteiger partial charge in [-0.2, -0.15) is 0 Å². The average Bonchev–Trinajstić information content (AvgIpc) is 2.15. The first-order valence-electron chi connectivity index (χ1n) is 5.60. The van der Waals surface area contributed by atoms with E-state index in [4.69, 9.17) is 0 Å². The van der Waals surface area contributed by atoms with Crippen LogP contribution in [0.5, 0.6) is 5.75 Å². The number of benzene rings is 1. The topological polar surface area (TPSA) is 32.3 Å². The molecule has 0 aliphatic rings. The monoisotopic (exact) mass is 207 g/mol. The molecule has 84 valence electrons. The van der Waals surface area contributed by atoms with Crippen LogP contribution in [0.15, 0.2) is 24.3 Å². The van der Waals surface area contributed by atoms with Crippen LogP contribution in [0.2, 0.25) is 0 Å². The maximum absolute atomic E-state index is 9.57. The highest BCUT2D eigenvalue weighted by molar-refractivity contribution is 5.31. The maximum Gasteiger partial charge on any atom is 0.120 e. The molecule has 2 nitrogen and oxygen atoms in total. The second-order valence-corrected chi connectivity index (χ2v) is 4.54. The minimum absolute atomic E-state index is 0.377. The molecule has 0 fully saturated rings. The Balaban J connectivity index is 2.40. The number of phenolic OH excluding ortho intramolecular Hbond substituents is 1. The van der Waals surface area contributed by atoms with Gasteiger partial charge in [-0.15, -0.1) is 0 Å². The van der Waals surface area contributed by atoms with E-state index in [2.05, 4.69) is 26.1 Å². The van der Waals surface area contributed by atoms with Gasteiger partial charge in [-0.25, -0.2) is 0 Å². The SMILES string of the molecule is CC(C)CC(C)NCc1ccccc1O. The van der Waals surface area contributed by atoms with E-state index in [0.29, 0.717) is 17.7 Å². The van der Waals surface area contributed by atoms with Crippen molar-refractivity contribution in [2.75, 3.05) is 0 Å². The van der Waals surface area contributed by atoms with Gasteiger partial charge in [0, 0.05) is 18.2 Å². The van der Waals surface area contributed by atoms with E-state index >= 15 is 0 Å². The first-order valence-corrected chi connectivity index (χ1v) is 5.60. The second kappa shape index (κ2) is 5.76. The Hall–Kier alpha value is -1.02.